The van der Waals surface area contributed by atoms with Crippen LogP contribution in [-0.4, -0.2) is 41.1 Å². The van der Waals surface area contributed by atoms with E-state index in [1.165, 1.54) is 45.9 Å². The Labute approximate surface area is 174 Å². The smallest absolute Gasteiger partial charge is 0.358 e. The molecule has 0 fully saturated rings. The summed E-state index contributed by atoms with van der Waals surface area (Å²) in [6.07, 6.45) is 1.97. The summed E-state index contributed by atoms with van der Waals surface area (Å²) in [7, 11) is -4.26. The highest BCUT2D eigenvalue weighted by Gasteiger charge is 2.34. The summed E-state index contributed by atoms with van der Waals surface area (Å²) in [5.41, 5.74) is 6.72. The van der Waals surface area contributed by atoms with E-state index in [2.05, 4.69) is 4.98 Å². The number of hydrogen-bond acceptors (Lipinski definition) is 7. The summed E-state index contributed by atoms with van der Waals surface area (Å²) in [4.78, 5) is 29.6. The SMILES string of the molecule is CC(=O)N1CCc2cc(OS(=O)(=O)c3c(Cl)nc4sccn34)ccc2C1C(N)=O. The highest BCUT2D eigenvalue weighted by atomic mass is 35.5. The van der Waals surface area contributed by atoms with Gasteiger partial charge >= 0.3 is 10.1 Å². The zero-order valence-corrected chi connectivity index (χ0v) is 17.4. The van der Waals surface area contributed by atoms with Gasteiger partial charge in [-0.3, -0.25) is 14.0 Å². The van der Waals surface area contributed by atoms with Crippen LogP contribution in [0.4, 0.5) is 0 Å². The predicted molar refractivity (Wildman–Crippen MR) is 105 cm³/mol. The molecule has 0 bridgehead atoms. The second-order valence-electron chi connectivity index (χ2n) is 6.43. The van der Waals surface area contributed by atoms with Crippen LogP contribution in [-0.2, 0) is 26.1 Å². The second-order valence-corrected chi connectivity index (χ2v) is 9.12. The van der Waals surface area contributed by atoms with Gasteiger partial charge in [-0.05, 0) is 29.7 Å². The minimum atomic E-state index is -4.26. The van der Waals surface area contributed by atoms with Crippen molar-refractivity contribution >= 4 is 49.8 Å². The third kappa shape index (κ3) is 3.34. The summed E-state index contributed by atoms with van der Waals surface area (Å²) >= 11 is 7.24. The van der Waals surface area contributed by atoms with Crippen LogP contribution in [0.25, 0.3) is 4.96 Å². The molecule has 0 radical (unpaired) electrons. The van der Waals surface area contributed by atoms with Gasteiger partial charge in [-0.25, -0.2) is 4.98 Å². The molecule has 2 amide bonds. The lowest BCUT2D eigenvalue weighted by Crippen LogP contribution is -2.44. The number of amides is 2. The molecular weight excluding hydrogens is 440 g/mol. The number of aromatic nitrogens is 2. The maximum absolute atomic E-state index is 12.8. The zero-order chi connectivity index (χ0) is 20.9. The number of benzene rings is 1. The van der Waals surface area contributed by atoms with Gasteiger partial charge in [0.15, 0.2) is 10.1 Å². The van der Waals surface area contributed by atoms with Gasteiger partial charge in [0.1, 0.15) is 11.8 Å². The first-order chi connectivity index (χ1) is 13.7. The molecule has 29 heavy (non-hydrogen) atoms. The molecule has 4 rings (SSSR count). The molecule has 1 unspecified atom stereocenters. The van der Waals surface area contributed by atoms with Crippen LogP contribution in [0.1, 0.15) is 24.1 Å². The van der Waals surface area contributed by atoms with Gasteiger partial charge in [-0.1, -0.05) is 17.7 Å². The van der Waals surface area contributed by atoms with E-state index in [4.69, 9.17) is 21.5 Å². The van der Waals surface area contributed by atoms with Crippen LogP contribution in [0.5, 0.6) is 5.75 Å². The third-order valence-corrected chi connectivity index (χ3v) is 7.05. The Bertz CT molecular complexity index is 1250. The molecule has 3 heterocycles. The fraction of sp³-hybridized carbons (Fsp3) is 0.235. The number of carbonyl (C=O) groups is 2. The molecule has 0 saturated carbocycles. The fourth-order valence-corrected chi connectivity index (χ4v) is 5.78. The summed E-state index contributed by atoms with van der Waals surface area (Å²) < 4.78 is 32.2. The molecule has 0 spiro atoms. The Hall–Kier alpha value is -2.63. The van der Waals surface area contributed by atoms with E-state index in [0.717, 1.165) is 0 Å². The molecule has 12 heteroatoms. The number of fused-ring (bicyclic) bond motifs is 2. The van der Waals surface area contributed by atoms with Crippen molar-refractivity contribution in [3.05, 3.63) is 46.1 Å². The molecule has 1 aliphatic rings. The molecule has 3 aromatic rings. The summed E-state index contributed by atoms with van der Waals surface area (Å²) in [6.45, 7) is 1.65. The Morgan fingerprint density at radius 1 is 1.38 bits per heavy atom. The maximum atomic E-state index is 12.8. The number of hydrogen-bond donors (Lipinski definition) is 1. The van der Waals surface area contributed by atoms with E-state index in [-0.39, 0.29) is 28.4 Å². The van der Waals surface area contributed by atoms with E-state index in [9.17, 15) is 18.0 Å². The first-order valence-corrected chi connectivity index (χ1v) is 11.1. The minimum absolute atomic E-state index is 0.0597. The van der Waals surface area contributed by atoms with Crippen molar-refractivity contribution in [1.82, 2.24) is 14.3 Å². The predicted octanol–water partition coefficient (Wildman–Crippen LogP) is 1.75. The summed E-state index contributed by atoms with van der Waals surface area (Å²) in [5.74, 6) is -0.865. The zero-order valence-electron chi connectivity index (χ0n) is 15.0. The Kier molecular flexibility index (Phi) is 4.75. The number of rotatable bonds is 4. The lowest BCUT2D eigenvalue weighted by atomic mass is 9.92. The second kappa shape index (κ2) is 7.01. The van der Waals surface area contributed by atoms with Crippen LogP contribution >= 0.6 is 22.9 Å². The average Bonchev–Trinajstić information content (AvgIpc) is 3.19. The van der Waals surface area contributed by atoms with Gasteiger partial charge in [-0.2, -0.15) is 8.42 Å². The molecule has 1 aliphatic heterocycles. The topological polar surface area (TPSA) is 124 Å². The number of carbonyl (C=O) groups excluding carboxylic acids is 2. The molecule has 2 N–H and O–H groups in total. The van der Waals surface area contributed by atoms with Crippen molar-refractivity contribution < 1.29 is 22.2 Å². The monoisotopic (exact) mass is 454 g/mol. The first-order valence-electron chi connectivity index (χ1n) is 8.44. The van der Waals surface area contributed by atoms with Gasteiger partial charge in [-0.15, -0.1) is 11.3 Å². The van der Waals surface area contributed by atoms with Gasteiger partial charge in [0, 0.05) is 25.0 Å². The normalized spacial score (nSPS) is 16.6. The molecule has 0 saturated heterocycles. The van der Waals surface area contributed by atoms with Crippen LogP contribution in [0.15, 0.2) is 34.8 Å². The molecule has 0 aliphatic carbocycles. The quantitative estimate of drug-likeness (QED) is 0.599. The van der Waals surface area contributed by atoms with Crippen molar-refractivity contribution in [3.63, 3.8) is 0 Å². The van der Waals surface area contributed by atoms with E-state index >= 15 is 0 Å². The van der Waals surface area contributed by atoms with E-state index in [0.29, 0.717) is 22.5 Å². The maximum Gasteiger partial charge on any atom is 0.358 e. The first kappa shape index (κ1) is 19.7. The highest BCUT2D eigenvalue weighted by Crippen LogP contribution is 2.34. The fourth-order valence-electron chi connectivity index (χ4n) is 3.43. The molecule has 1 aromatic carbocycles. The summed E-state index contributed by atoms with van der Waals surface area (Å²) in [6, 6.07) is 3.58. The number of halogens is 1. The summed E-state index contributed by atoms with van der Waals surface area (Å²) in [5, 5.41) is 1.24. The van der Waals surface area contributed by atoms with Gasteiger partial charge in [0.2, 0.25) is 16.8 Å². The van der Waals surface area contributed by atoms with Crippen LogP contribution in [0, 0.1) is 0 Å². The third-order valence-electron chi connectivity index (χ3n) is 4.64. The molecule has 152 valence electrons. The van der Waals surface area contributed by atoms with Crippen molar-refractivity contribution in [1.29, 1.82) is 0 Å². The highest BCUT2D eigenvalue weighted by molar-refractivity contribution is 7.87. The van der Waals surface area contributed by atoms with E-state index in [1.54, 1.807) is 11.4 Å². The van der Waals surface area contributed by atoms with Crippen molar-refractivity contribution in [3.8, 4) is 5.75 Å². The van der Waals surface area contributed by atoms with E-state index < -0.39 is 22.1 Å². The molecule has 1 atom stereocenters. The van der Waals surface area contributed by atoms with Gasteiger partial charge in [0.05, 0.1) is 0 Å². The Morgan fingerprint density at radius 2 is 2.14 bits per heavy atom. The largest absolute Gasteiger partial charge is 0.378 e. The number of imidazole rings is 1. The lowest BCUT2D eigenvalue weighted by Gasteiger charge is -2.34. The average molecular weight is 455 g/mol. The molecule has 2 aromatic heterocycles. The number of primary amides is 1. The lowest BCUT2D eigenvalue weighted by molar-refractivity contribution is -0.138. The molecular formula is C17H15ClN4O5S2. The van der Waals surface area contributed by atoms with E-state index in [1.807, 2.05) is 0 Å². The van der Waals surface area contributed by atoms with Gasteiger partial charge in [0.25, 0.3) is 0 Å². The van der Waals surface area contributed by atoms with Crippen molar-refractivity contribution in [2.45, 2.75) is 24.4 Å². The minimum Gasteiger partial charge on any atom is -0.378 e. The molecule has 9 nitrogen and oxygen atoms in total. The number of nitrogens with zero attached hydrogens (tertiary/aromatic N) is 3. The number of thiazole rings is 1. The van der Waals surface area contributed by atoms with Crippen molar-refractivity contribution in [2.24, 2.45) is 5.73 Å². The van der Waals surface area contributed by atoms with Crippen LogP contribution < -0.4 is 9.92 Å². The standard InChI is InChI=1S/C17H15ClN4O5S2/c1-9(23)21-5-4-10-8-11(2-3-12(10)13(21)15(19)24)27-29(25,26)16-14(18)20-17-22(16)6-7-28-17/h2-3,6-8,13H,4-5H2,1H3,(H2,19,24). The Balaban J connectivity index is 1.70. The van der Waals surface area contributed by atoms with Crippen molar-refractivity contribution in [2.75, 3.05) is 6.54 Å². The van der Waals surface area contributed by atoms with Crippen LogP contribution in [0.2, 0.25) is 5.15 Å². The van der Waals surface area contributed by atoms with Gasteiger partial charge < -0.3 is 14.8 Å². The number of nitrogens with two attached hydrogens (primary N) is 1. The Morgan fingerprint density at radius 3 is 2.83 bits per heavy atom. The van der Waals surface area contributed by atoms with Crippen LogP contribution in [0.3, 0.4) is 0 Å².